The van der Waals surface area contributed by atoms with Crippen molar-refractivity contribution in [2.75, 3.05) is 33.5 Å². The smallest absolute Gasteiger partial charge is 0.394 e. The fourth-order valence-corrected chi connectivity index (χ4v) is 6.50. The molecule has 286 valence electrons. The van der Waals surface area contributed by atoms with Crippen LogP contribution in [-0.2, 0) is 57.2 Å². The Morgan fingerprint density at radius 3 is 1.78 bits per heavy atom. The molecule has 0 saturated carbocycles. The van der Waals surface area contributed by atoms with Crippen molar-refractivity contribution < 1.29 is 111 Å². The van der Waals surface area contributed by atoms with Crippen LogP contribution in [0.4, 0.5) is 0 Å². The third kappa shape index (κ3) is 8.36. The lowest BCUT2D eigenvalue weighted by Gasteiger charge is -2.47. The van der Waals surface area contributed by atoms with Crippen LogP contribution in [0.15, 0.2) is 0 Å². The molecule has 0 spiro atoms. The minimum absolute atomic E-state index is 0.185. The standard InChI is InChI=1S/C25H42O23S/c1-39-3-7-12(29)20(48-23-14(31)13(30)10(27)8(44-23)5-41-49(36,37)38)16(33)24(43-7)46-18-9-4-40-21(18)17(34)25(45-9)47-19-11(28)6(2-26)42-22(35)15(19)32/h6-35H,2-5H2,1H3,(H,36,37,38)/t6-,7-,8+,9+,10-,11+,12+,13-,14+,15-,16-,17+,18-,19+,20+,21+,22-,23+,24+,25+/m1/s1. The summed E-state index contributed by atoms with van der Waals surface area (Å²) < 4.78 is 84.7. The van der Waals surface area contributed by atoms with Gasteiger partial charge >= 0.3 is 10.4 Å². The van der Waals surface area contributed by atoms with Gasteiger partial charge in [0.05, 0.1) is 26.4 Å². The summed E-state index contributed by atoms with van der Waals surface area (Å²) in [4.78, 5) is 0. The molecule has 0 aliphatic carbocycles. The fourth-order valence-electron chi connectivity index (χ4n) is 6.19. The number of ether oxygens (including phenoxy) is 9. The number of hydrogen-bond acceptors (Lipinski definition) is 22. The molecule has 5 aliphatic heterocycles. The Labute approximate surface area is 277 Å². The third-order valence-electron chi connectivity index (χ3n) is 8.80. The summed E-state index contributed by atoms with van der Waals surface area (Å²) in [7, 11) is -3.73. The lowest BCUT2D eigenvalue weighted by Crippen LogP contribution is -2.66. The summed E-state index contributed by atoms with van der Waals surface area (Å²) in [6.07, 6.45) is -32.7. The highest BCUT2D eigenvalue weighted by atomic mass is 32.3. The number of rotatable bonds is 12. The van der Waals surface area contributed by atoms with Gasteiger partial charge in [0.1, 0.15) is 97.7 Å². The Bertz CT molecular complexity index is 1180. The molecule has 2 bridgehead atoms. The molecule has 20 atom stereocenters. The predicted molar refractivity (Wildman–Crippen MR) is 146 cm³/mol. The monoisotopic (exact) mass is 742 g/mol. The van der Waals surface area contributed by atoms with Crippen LogP contribution in [0, 0.1) is 0 Å². The minimum Gasteiger partial charge on any atom is -0.394 e. The maximum atomic E-state index is 11.2. The third-order valence-corrected chi connectivity index (χ3v) is 9.24. The highest BCUT2D eigenvalue weighted by Gasteiger charge is 2.58. The van der Waals surface area contributed by atoms with Crippen LogP contribution in [-0.4, -0.2) is 220 Å². The van der Waals surface area contributed by atoms with Gasteiger partial charge in [-0.3, -0.25) is 4.55 Å². The van der Waals surface area contributed by atoms with E-state index in [1.807, 2.05) is 0 Å². The van der Waals surface area contributed by atoms with Crippen LogP contribution in [0.5, 0.6) is 0 Å². The highest BCUT2D eigenvalue weighted by molar-refractivity contribution is 7.80. The number of aliphatic hydroxyl groups excluding tert-OH is 10. The van der Waals surface area contributed by atoms with Gasteiger partial charge in [0.15, 0.2) is 25.2 Å². The number of methoxy groups -OCH3 is 1. The Hall–Kier alpha value is -0.890. The van der Waals surface area contributed by atoms with E-state index >= 15 is 0 Å². The van der Waals surface area contributed by atoms with Gasteiger partial charge in [-0.15, -0.1) is 0 Å². The van der Waals surface area contributed by atoms with Crippen molar-refractivity contribution >= 4 is 10.4 Å². The largest absolute Gasteiger partial charge is 0.397 e. The van der Waals surface area contributed by atoms with E-state index in [2.05, 4.69) is 4.18 Å². The fraction of sp³-hybridized carbons (Fsp3) is 1.00. The normalized spacial score (nSPS) is 50.8. The van der Waals surface area contributed by atoms with Crippen molar-refractivity contribution in [3.05, 3.63) is 0 Å². The molecular formula is C25H42O23S. The zero-order chi connectivity index (χ0) is 35.9. The van der Waals surface area contributed by atoms with Crippen LogP contribution < -0.4 is 0 Å². The van der Waals surface area contributed by atoms with Gasteiger partial charge in [-0.25, -0.2) is 4.18 Å². The molecule has 5 heterocycles. The summed E-state index contributed by atoms with van der Waals surface area (Å²) in [5.74, 6) is 0. The van der Waals surface area contributed by atoms with Crippen molar-refractivity contribution in [1.82, 2.24) is 0 Å². The Morgan fingerprint density at radius 1 is 0.612 bits per heavy atom. The summed E-state index contributed by atoms with van der Waals surface area (Å²) in [6.45, 7) is -2.23. The van der Waals surface area contributed by atoms with Crippen LogP contribution in [0.1, 0.15) is 0 Å². The van der Waals surface area contributed by atoms with E-state index in [9.17, 15) is 59.5 Å². The van der Waals surface area contributed by atoms with Crippen molar-refractivity contribution in [1.29, 1.82) is 0 Å². The van der Waals surface area contributed by atoms with E-state index < -0.39 is 146 Å². The first-order chi connectivity index (χ1) is 23.1. The second-order valence-corrected chi connectivity index (χ2v) is 13.2. The quantitative estimate of drug-likeness (QED) is 0.0827. The lowest BCUT2D eigenvalue weighted by atomic mass is 9.96. The summed E-state index contributed by atoms with van der Waals surface area (Å²) in [6, 6.07) is 0. The van der Waals surface area contributed by atoms with Gasteiger partial charge < -0.3 is 93.7 Å². The van der Waals surface area contributed by atoms with Crippen molar-refractivity contribution in [2.24, 2.45) is 0 Å². The average Bonchev–Trinajstić information content (AvgIpc) is 3.36. The molecule has 0 amide bonds. The van der Waals surface area contributed by atoms with E-state index in [1.54, 1.807) is 0 Å². The van der Waals surface area contributed by atoms with Gasteiger partial charge in [-0.1, -0.05) is 0 Å². The molecular weight excluding hydrogens is 700 g/mol. The molecule has 5 aliphatic rings. The Morgan fingerprint density at radius 2 is 1.16 bits per heavy atom. The summed E-state index contributed by atoms with van der Waals surface area (Å²) in [5.41, 5.74) is 0. The summed E-state index contributed by atoms with van der Waals surface area (Å²) >= 11 is 0. The molecule has 5 fully saturated rings. The maximum absolute atomic E-state index is 11.2. The molecule has 0 aromatic heterocycles. The topological polar surface area (TPSA) is 349 Å². The van der Waals surface area contributed by atoms with E-state index in [0.29, 0.717) is 0 Å². The lowest BCUT2D eigenvalue weighted by molar-refractivity contribution is -0.377. The Kier molecular flexibility index (Phi) is 12.8. The van der Waals surface area contributed by atoms with Crippen LogP contribution in [0.2, 0.25) is 0 Å². The van der Waals surface area contributed by atoms with Crippen molar-refractivity contribution in [3.8, 4) is 0 Å². The van der Waals surface area contributed by atoms with Gasteiger partial charge in [0, 0.05) is 7.11 Å². The Balaban J connectivity index is 1.28. The molecule has 0 radical (unpaired) electrons. The molecule has 5 rings (SSSR count). The second-order valence-electron chi connectivity index (χ2n) is 12.1. The van der Waals surface area contributed by atoms with Gasteiger partial charge in [0.2, 0.25) is 0 Å². The van der Waals surface area contributed by atoms with Crippen molar-refractivity contribution in [2.45, 2.75) is 123 Å². The molecule has 0 aromatic rings. The van der Waals surface area contributed by atoms with E-state index in [1.165, 1.54) is 7.11 Å². The molecule has 5 saturated heterocycles. The first kappa shape index (κ1) is 39.3. The van der Waals surface area contributed by atoms with E-state index in [-0.39, 0.29) is 13.2 Å². The second kappa shape index (κ2) is 16.0. The molecule has 24 heteroatoms. The molecule has 11 N–H and O–H groups in total. The zero-order valence-corrected chi connectivity index (χ0v) is 26.4. The molecule has 23 nitrogen and oxygen atoms in total. The molecule has 0 unspecified atom stereocenters. The van der Waals surface area contributed by atoms with Gasteiger partial charge in [0.25, 0.3) is 0 Å². The SMILES string of the molecule is COC[C@H]1O[C@@H](O[C@H]2[C@H]3OC[C@@H]2O[C@@H](O[C@@H]2[C@@H](O)[C@H](O)O[C@H](CO)[C@@H]2O)[C@H]3O)[C@H](O)[C@@H](O[C@@H]2O[C@@H](COS(=O)(=O)O)[C@@H](O)[C@@H](O)[C@@H]2O)[C@H]1O. The maximum Gasteiger partial charge on any atom is 0.397 e. The number of hydrogen-bond donors (Lipinski definition) is 11. The zero-order valence-electron chi connectivity index (χ0n) is 25.6. The average molecular weight is 743 g/mol. The summed E-state index contributed by atoms with van der Waals surface area (Å²) in [5, 5.41) is 105. The number of fused-ring (bicyclic) bond motifs is 2. The number of aliphatic hydroxyl groups is 10. The van der Waals surface area contributed by atoms with E-state index in [0.717, 1.165) is 0 Å². The first-order valence-corrected chi connectivity index (χ1v) is 16.5. The molecule has 49 heavy (non-hydrogen) atoms. The highest BCUT2D eigenvalue weighted by Crippen LogP contribution is 2.37. The van der Waals surface area contributed by atoms with Crippen LogP contribution >= 0.6 is 0 Å². The van der Waals surface area contributed by atoms with E-state index in [4.69, 9.17) is 47.2 Å². The van der Waals surface area contributed by atoms with Gasteiger partial charge in [-0.05, 0) is 0 Å². The first-order valence-electron chi connectivity index (χ1n) is 15.1. The molecule has 0 aromatic carbocycles. The van der Waals surface area contributed by atoms with Crippen LogP contribution in [0.3, 0.4) is 0 Å². The van der Waals surface area contributed by atoms with Crippen molar-refractivity contribution in [3.63, 3.8) is 0 Å². The minimum atomic E-state index is -5.00. The van der Waals surface area contributed by atoms with Gasteiger partial charge in [-0.2, -0.15) is 8.42 Å². The van der Waals surface area contributed by atoms with Crippen LogP contribution in [0.25, 0.3) is 0 Å². The predicted octanol–water partition coefficient (Wildman–Crippen LogP) is -8.22.